The molecule has 106 valence electrons. The molecule has 1 aliphatic rings. The third-order valence-electron chi connectivity index (χ3n) is 3.54. The lowest BCUT2D eigenvalue weighted by atomic mass is 10.0. The van der Waals surface area contributed by atoms with E-state index >= 15 is 0 Å². The highest BCUT2D eigenvalue weighted by molar-refractivity contribution is 5.52. The summed E-state index contributed by atoms with van der Waals surface area (Å²) < 4.78 is 0. The number of hydrogen-bond donors (Lipinski definition) is 3. The molecule has 1 heterocycles. The van der Waals surface area contributed by atoms with Crippen molar-refractivity contribution in [3.05, 3.63) is 6.07 Å². The van der Waals surface area contributed by atoms with Gasteiger partial charge in [-0.1, -0.05) is 12.8 Å². The molecule has 0 atom stereocenters. The maximum Gasteiger partial charge on any atom is 0.223 e. The molecule has 19 heavy (non-hydrogen) atoms. The molecule has 0 radical (unpaired) electrons. The summed E-state index contributed by atoms with van der Waals surface area (Å²) in [6, 6.07) is 1.86. The van der Waals surface area contributed by atoms with E-state index in [-0.39, 0.29) is 5.95 Å². The Labute approximate surface area is 114 Å². The van der Waals surface area contributed by atoms with E-state index in [1.165, 1.54) is 0 Å². The molecule has 0 bridgehead atoms. The molecule has 1 fully saturated rings. The van der Waals surface area contributed by atoms with Crippen molar-refractivity contribution in [1.82, 2.24) is 9.97 Å². The monoisotopic (exact) mass is 265 g/mol. The molecule has 6 heteroatoms. The van der Waals surface area contributed by atoms with E-state index in [9.17, 15) is 5.11 Å². The van der Waals surface area contributed by atoms with Gasteiger partial charge in [-0.3, -0.25) is 0 Å². The summed E-state index contributed by atoms with van der Waals surface area (Å²) in [4.78, 5) is 10.3. The van der Waals surface area contributed by atoms with Gasteiger partial charge >= 0.3 is 0 Å². The predicted molar refractivity (Wildman–Crippen MR) is 77.3 cm³/mol. The van der Waals surface area contributed by atoms with Gasteiger partial charge in [-0.15, -0.1) is 0 Å². The summed E-state index contributed by atoms with van der Waals surface area (Å²) in [5.41, 5.74) is 5.13. The molecular weight excluding hydrogens is 242 g/mol. The van der Waals surface area contributed by atoms with Crippen LogP contribution in [-0.2, 0) is 0 Å². The molecule has 1 aliphatic carbocycles. The highest BCUT2D eigenvalue weighted by Gasteiger charge is 2.32. The van der Waals surface area contributed by atoms with Crippen molar-refractivity contribution in [2.24, 2.45) is 0 Å². The van der Waals surface area contributed by atoms with Crippen molar-refractivity contribution < 1.29 is 5.11 Å². The van der Waals surface area contributed by atoms with E-state index in [2.05, 4.69) is 15.3 Å². The van der Waals surface area contributed by atoms with Crippen LogP contribution in [0.4, 0.5) is 17.6 Å². The summed E-state index contributed by atoms with van der Waals surface area (Å²) >= 11 is 0. The lowest BCUT2D eigenvalue weighted by Crippen LogP contribution is -2.39. The van der Waals surface area contributed by atoms with E-state index in [0.29, 0.717) is 6.54 Å². The molecular formula is C13H23N5O. The molecule has 0 saturated heterocycles. The van der Waals surface area contributed by atoms with Crippen LogP contribution in [0.2, 0.25) is 0 Å². The fourth-order valence-electron chi connectivity index (χ4n) is 2.63. The van der Waals surface area contributed by atoms with Gasteiger partial charge < -0.3 is 21.1 Å². The Bertz CT molecular complexity index is 431. The van der Waals surface area contributed by atoms with Crippen LogP contribution in [0.25, 0.3) is 0 Å². The first kappa shape index (κ1) is 13.9. The zero-order valence-corrected chi connectivity index (χ0v) is 11.7. The summed E-state index contributed by atoms with van der Waals surface area (Å²) in [6.45, 7) is 3.36. The van der Waals surface area contributed by atoms with Crippen molar-refractivity contribution in [2.45, 2.75) is 38.2 Å². The van der Waals surface area contributed by atoms with Crippen molar-refractivity contribution in [3.8, 4) is 0 Å². The largest absolute Gasteiger partial charge is 0.388 e. The molecule has 0 aromatic carbocycles. The number of rotatable bonds is 5. The van der Waals surface area contributed by atoms with Gasteiger partial charge in [0.2, 0.25) is 5.95 Å². The highest BCUT2D eigenvalue weighted by atomic mass is 16.3. The highest BCUT2D eigenvalue weighted by Crippen LogP contribution is 2.31. The Balaban J connectivity index is 2.11. The number of hydrogen-bond acceptors (Lipinski definition) is 6. The van der Waals surface area contributed by atoms with Crippen LogP contribution >= 0.6 is 0 Å². The van der Waals surface area contributed by atoms with E-state index in [0.717, 1.165) is 43.9 Å². The average molecular weight is 265 g/mol. The number of nitrogens with two attached hydrogens (primary N) is 1. The molecule has 6 nitrogen and oxygen atoms in total. The third-order valence-corrected chi connectivity index (χ3v) is 3.54. The first-order valence-corrected chi connectivity index (χ1v) is 6.84. The molecule has 0 amide bonds. The Morgan fingerprint density at radius 2 is 2.11 bits per heavy atom. The van der Waals surface area contributed by atoms with Gasteiger partial charge in [-0.25, -0.2) is 0 Å². The van der Waals surface area contributed by atoms with E-state index < -0.39 is 5.60 Å². The summed E-state index contributed by atoms with van der Waals surface area (Å²) in [6.07, 6.45) is 3.91. The minimum atomic E-state index is -0.590. The summed E-state index contributed by atoms with van der Waals surface area (Å²) in [5, 5.41) is 13.6. The van der Waals surface area contributed by atoms with E-state index in [4.69, 9.17) is 5.73 Å². The van der Waals surface area contributed by atoms with E-state index in [1.807, 2.05) is 24.9 Å². The van der Waals surface area contributed by atoms with Crippen molar-refractivity contribution in [2.75, 3.05) is 36.1 Å². The topological polar surface area (TPSA) is 87.3 Å². The standard InChI is InChI=1S/C13H23N5O/c1-3-15-10-8-11(17-12(14)16-10)18(2)9-13(19)6-4-5-7-13/h8,19H,3-7,9H2,1-2H3,(H3,14,15,16,17). The van der Waals surface area contributed by atoms with Gasteiger partial charge in [0.05, 0.1) is 5.60 Å². The molecule has 0 spiro atoms. The van der Waals surface area contributed by atoms with Crippen LogP contribution in [0.15, 0.2) is 6.07 Å². The number of nitrogens with one attached hydrogen (secondary N) is 1. The van der Waals surface area contributed by atoms with Gasteiger partial charge in [0.25, 0.3) is 0 Å². The van der Waals surface area contributed by atoms with Gasteiger partial charge in [-0.2, -0.15) is 9.97 Å². The van der Waals surface area contributed by atoms with Crippen LogP contribution in [0.5, 0.6) is 0 Å². The summed E-state index contributed by atoms with van der Waals surface area (Å²) in [7, 11) is 1.92. The van der Waals surface area contributed by atoms with E-state index in [1.54, 1.807) is 0 Å². The maximum atomic E-state index is 10.4. The Hall–Kier alpha value is -1.56. The van der Waals surface area contributed by atoms with Crippen LogP contribution in [0.1, 0.15) is 32.6 Å². The quantitative estimate of drug-likeness (QED) is 0.742. The molecule has 0 unspecified atom stereocenters. The van der Waals surface area contributed by atoms with Crippen LogP contribution in [0.3, 0.4) is 0 Å². The molecule has 4 N–H and O–H groups in total. The lowest BCUT2D eigenvalue weighted by Gasteiger charge is -2.29. The smallest absolute Gasteiger partial charge is 0.223 e. The maximum absolute atomic E-state index is 10.4. The lowest BCUT2D eigenvalue weighted by molar-refractivity contribution is 0.0558. The molecule has 1 aromatic rings. The van der Waals surface area contributed by atoms with Crippen molar-refractivity contribution in [3.63, 3.8) is 0 Å². The minimum absolute atomic E-state index is 0.249. The normalized spacial score (nSPS) is 17.4. The van der Waals surface area contributed by atoms with Crippen LogP contribution < -0.4 is 16.0 Å². The van der Waals surface area contributed by atoms with Crippen LogP contribution in [-0.4, -0.2) is 40.8 Å². The Morgan fingerprint density at radius 3 is 2.74 bits per heavy atom. The van der Waals surface area contributed by atoms with Crippen LogP contribution in [0, 0.1) is 0 Å². The molecule has 1 aromatic heterocycles. The zero-order valence-electron chi connectivity index (χ0n) is 11.7. The second-order valence-corrected chi connectivity index (χ2v) is 5.29. The van der Waals surface area contributed by atoms with Crippen molar-refractivity contribution in [1.29, 1.82) is 0 Å². The second-order valence-electron chi connectivity index (χ2n) is 5.29. The molecule has 1 saturated carbocycles. The SMILES string of the molecule is CCNc1cc(N(C)CC2(O)CCCC2)nc(N)n1. The van der Waals surface area contributed by atoms with Gasteiger partial charge in [0.1, 0.15) is 11.6 Å². The summed E-state index contributed by atoms with van der Waals surface area (Å²) in [5.74, 6) is 1.71. The first-order chi connectivity index (χ1) is 9.02. The number of nitrogens with zero attached hydrogens (tertiary/aromatic N) is 3. The zero-order chi connectivity index (χ0) is 13.9. The Kier molecular flexibility index (Phi) is 4.09. The number of likely N-dealkylation sites (N-methyl/N-ethyl adjacent to an activating group) is 1. The first-order valence-electron chi connectivity index (χ1n) is 6.84. The fraction of sp³-hybridized carbons (Fsp3) is 0.692. The van der Waals surface area contributed by atoms with Gasteiger partial charge in [-0.05, 0) is 19.8 Å². The number of nitrogen functional groups attached to an aromatic ring is 1. The molecule has 2 rings (SSSR count). The van der Waals surface area contributed by atoms with Gasteiger partial charge in [0, 0.05) is 26.2 Å². The molecule has 0 aliphatic heterocycles. The fourth-order valence-corrected chi connectivity index (χ4v) is 2.63. The number of anilines is 3. The minimum Gasteiger partial charge on any atom is -0.388 e. The third kappa shape index (κ3) is 3.47. The Morgan fingerprint density at radius 1 is 1.42 bits per heavy atom. The van der Waals surface area contributed by atoms with Crippen molar-refractivity contribution >= 4 is 17.6 Å². The predicted octanol–water partition coefficient (Wildman–Crippen LogP) is 1.23. The number of aliphatic hydroxyl groups is 1. The number of aromatic nitrogens is 2. The average Bonchev–Trinajstić information content (AvgIpc) is 2.75. The van der Waals surface area contributed by atoms with Gasteiger partial charge in [0.15, 0.2) is 0 Å². The second kappa shape index (κ2) is 5.61.